The third-order valence-electron chi connectivity index (χ3n) is 7.96. The monoisotopic (exact) mass is 582 g/mol. The van der Waals surface area contributed by atoms with E-state index in [1.54, 1.807) is 0 Å². The highest BCUT2D eigenvalue weighted by atomic mass is 14.3. The van der Waals surface area contributed by atoms with Gasteiger partial charge in [-0.3, -0.25) is 0 Å². The quantitative estimate of drug-likeness (QED) is 0.181. The van der Waals surface area contributed by atoms with Gasteiger partial charge >= 0.3 is 0 Å². The second-order valence-corrected chi connectivity index (χ2v) is 10.9. The van der Waals surface area contributed by atoms with E-state index in [-0.39, 0.29) is 0 Å². The predicted molar refractivity (Wildman–Crippen MR) is 193 cm³/mol. The molecule has 0 N–H and O–H groups in total. The van der Waals surface area contributed by atoms with Crippen molar-refractivity contribution in [3.05, 3.63) is 204 Å². The van der Waals surface area contributed by atoms with Crippen LogP contribution in [0.15, 0.2) is 182 Å². The lowest BCUT2D eigenvalue weighted by Crippen LogP contribution is -2.03. The van der Waals surface area contributed by atoms with E-state index in [2.05, 4.69) is 169 Å². The standard InChI is InChI=1S/C46H30/c1-7-19-35(20-8-1)31-33-41-43(37-23-11-3-12-24-37)45(39-27-15-5-16-28-39)42(34-32-36-21-9-2-10-22-36)46(40-29-17-6-18-30-40)44(41)38-25-13-4-14-26-38/h1-30H. The molecule has 0 fully saturated rings. The first kappa shape index (κ1) is 28.4. The summed E-state index contributed by atoms with van der Waals surface area (Å²) in [6.07, 6.45) is 0. The van der Waals surface area contributed by atoms with Crippen molar-refractivity contribution in [1.29, 1.82) is 0 Å². The van der Waals surface area contributed by atoms with Gasteiger partial charge in [0.25, 0.3) is 0 Å². The van der Waals surface area contributed by atoms with Gasteiger partial charge in [-0.25, -0.2) is 0 Å². The second kappa shape index (κ2) is 13.5. The minimum absolute atomic E-state index is 0.969. The molecule has 0 aliphatic carbocycles. The van der Waals surface area contributed by atoms with Gasteiger partial charge in [0, 0.05) is 44.5 Å². The lowest BCUT2D eigenvalue weighted by atomic mass is 9.77. The maximum atomic E-state index is 3.72. The van der Waals surface area contributed by atoms with Crippen LogP contribution in [0, 0.1) is 23.7 Å². The van der Waals surface area contributed by atoms with Crippen molar-refractivity contribution in [3.8, 4) is 68.2 Å². The molecule has 0 amide bonds. The van der Waals surface area contributed by atoms with Gasteiger partial charge in [-0.2, -0.15) is 0 Å². The molecule has 214 valence electrons. The molecule has 0 saturated heterocycles. The Morgan fingerprint density at radius 3 is 0.674 bits per heavy atom. The zero-order valence-corrected chi connectivity index (χ0v) is 25.3. The zero-order valence-electron chi connectivity index (χ0n) is 25.3. The Balaban J connectivity index is 1.73. The summed E-state index contributed by atoms with van der Waals surface area (Å²) < 4.78 is 0. The molecule has 7 aromatic rings. The largest absolute Gasteiger partial charge is 0.0622 e. The average molecular weight is 583 g/mol. The van der Waals surface area contributed by atoms with Crippen LogP contribution in [0.2, 0.25) is 0 Å². The van der Waals surface area contributed by atoms with E-state index in [4.69, 9.17) is 0 Å². The molecule has 7 rings (SSSR count). The Hall–Kier alpha value is -6.34. The van der Waals surface area contributed by atoms with Crippen LogP contribution in [0.3, 0.4) is 0 Å². The second-order valence-electron chi connectivity index (χ2n) is 10.9. The van der Waals surface area contributed by atoms with E-state index in [1.165, 1.54) is 0 Å². The van der Waals surface area contributed by atoms with Gasteiger partial charge in [-0.05, 0) is 46.5 Å². The molecule has 7 aromatic carbocycles. The molecule has 0 aliphatic rings. The summed E-state index contributed by atoms with van der Waals surface area (Å²) in [6.45, 7) is 0. The van der Waals surface area contributed by atoms with E-state index < -0.39 is 0 Å². The third kappa shape index (κ3) is 6.02. The average Bonchev–Trinajstić information content (AvgIpc) is 3.14. The Kier molecular flexibility index (Phi) is 8.36. The van der Waals surface area contributed by atoms with Gasteiger partial charge in [0.15, 0.2) is 0 Å². The molecule has 0 unspecified atom stereocenters. The van der Waals surface area contributed by atoms with Crippen LogP contribution in [0.5, 0.6) is 0 Å². The summed E-state index contributed by atoms with van der Waals surface area (Å²) in [5.41, 5.74) is 12.6. The van der Waals surface area contributed by atoms with Crippen molar-refractivity contribution in [1.82, 2.24) is 0 Å². The minimum Gasteiger partial charge on any atom is -0.0622 e. The highest BCUT2D eigenvalue weighted by Crippen LogP contribution is 2.48. The molecular formula is C46H30. The Labute approximate surface area is 271 Å². The van der Waals surface area contributed by atoms with Gasteiger partial charge in [-0.15, -0.1) is 0 Å². The van der Waals surface area contributed by atoms with E-state index in [9.17, 15) is 0 Å². The molecule has 0 nitrogen and oxygen atoms in total. The van der Waals surface area contributed by atoms with Crippen molar-refractivity contribution < 1.29 is 0 Å². The first-order valence-corrected chi connectivity index (χ1v) is 15.5. The molecule has 0 aromatic heterocycles. The summed E-state index contributed by atoms with van der Waals surface area (Å²) >= 11 is 0. The van der Waals surface area contributed by atoms with E-state index >= 15 is 0 Å². The number of benzene rings is 7. The third-order valence-corrected chi connectivity index (χ3v) is 7.96. The first-order valence-electron chi connectivity index (χ1n) is 15.5. The summed E-state index contributed by atoms with van der Waals surface area (Å²) in [5.74, 6) is 14.5. The van der Waals surface area contributed by atoms with Gasteiger partial charge in [-0.1, -0.05) is 181 Å². The summed E-state index contributed by atoms with van der Waals surface area (Å²) in [7, 11) is 0. The maximum Gasteiger partial charge on any atom is 0.0419 e. The van der Waals surface area contributed by atoms with Crippen LogP contribution < -0.4 is 0 Å². The van der Waals surface area contributed by atoms with E-state index in [1.807, 2.05) is 36.4 Å². The molecular weight excluding hydrogens is 553 g/mol. The van der Waals surface area contributed by atoms with Gasteiger partial charge in [0.05, 0.1) is 0 Å². The van der Waals surface area contributed by atoms with Crippen LogP contribution in [0.25, 0.3) is 44.5 Å². The van der Waals surface area contributed by atoms with Crippen molar-refractivity contribution in [3.63, 3.8) is 0 Å². The van der Waals surface area contributed by atoms with E-state index in [0.717, 1.165) is 66.8 Å². The minimum atomic E-state index is 0.969. The molecule has 0 saturated carbocycles. The highest BCUT2D eigenvalue weighted by Gasteiger charge is 2.26. The fourth-order valence-electron chi connectivity index (χ4n) is 5.89. The molecule has 0 heterocycles. The molecule has 0 heteroatoms. The lowest BCUT2D eigenvalue weighted by Gasteiger charge is -2.24. The normalized spacial score (nSPS) is 10.3. The fourth-order valence-corrected chi connectivity index (χ4v) is 5.89. The van der Waals surface area contributed by atoms with Crippen molar-refractivity contribution in [2.75, 3.05) is 0 Å². The molecule has 0 radical (unpaired) electrons. The fraction of sp³-hybridized carbons (Fsp3) is 0. The number of hydrogen-bond acceptors (Lipinski definition) is 0. The van der Waals surface area contributed by atoms with Crippen LogP contribution >= 0.6 is 0 Å². The van der Waals surface area contributed by atoms with Crippen LogP contribution in [-0.2, 0) is 0 Å². The SMILES string of the molecule is C(#Cc1c(-c2ccccc2)c(-c2ccccc2)c(C#Cc2ccccc2)c(-c2ccccc2)c1-c1ccccc1)c1ccccc1. The van der Waals surface area contributed by atoms with Gasteiger partial charge in [0.1, 0.15) is 0 Å². The topological polar surface area (TPSA) is 0 Å². The smallest absolute Gasteiger partial charge is 0.0419 e. The maximum absolute atomic E-state index is 3.72. The van der Waals surface area contributed by atoms with Crippen LogP contribution in [0.1, 0.15) is 22.3 Å². The van der Waals surface area contributed by atoms with Crippen molar-refractivity contribution in [2.24, 2.45) is 0 Å². The zero-order chi connectivity index (χ0) is 31.0. The van der Waals surface area contributed by atoms with Crippen LogP contribution in [-0.4, -0.2) is 0 Å². The van der Waals surface area contributed by atoms with Crippen molar-refractivity contribution in [2.45, 2.75) is 0 Å². The highest BCUT2D eigenvalue weighted by molar-refractivity contribution is 6.04. The summed E-state index contributed by atoms with van der Waals surface area (Å²) in [5, 5.41) is 0. The molecule has 0 spiro atoms. The predicted octanol–water partition coefficient (Wildman–Crippen LogP) is 11.2. The molecule has 0 atom stereocenters. The summed E-state index contributed by atoms with van der Waals surface area (Å²) in [6, 6.07) is 62.9. The molecule has 0 bridgehead atoms. The Morgan fingerprint density at radius 1 is 0.217 bits per heavy atom. The Bertz CT molecular complexity index is 1930. The molecule has 46 heavy (non-hydrogen) atoms. The number of hydrogen-bond donors (Lipinski definition) is 0. The van der Waals surface area contributed by atoms with Crippen LogP contribution in [0.4, 0.5) is 0 Å². The Morgan fingerprint density at radius 2 is 0.435 bits per heavy atom. The number of rotatable bonds is 4. The van der Waals surface area contributed by atoms with E-state index in [0.29, 0.717) is 0 Å². The van der Waals surface area contributed by atoms with Gasteiger partial charge in [0.2, 0.25) is 0 Å². The first-order chi connectivity index (χ1) is 22.9. The molecule has 0 aliphatic heterocycles. The lowest BCUT2D eigenvalue weighted by molar-refractivity contribution is 1.49. The summed E-state index contributed by atoms with van der Waals surface area (Å²) in [4.78, 5) is 0. The van der Waals surface area contributed by atoms with Crippen molar-refractivity contribution >= 4 is 0 Å². The van der Waals surface area contributed by atoms with Gasteiger partial charge < -0.3 is 0 Å².